The highest BCUT2D eigenvalue weighted by Gasteiger charge is 2.42. The second-order valence-corrected chi connectivity index (χ2v) is 5.64. The molecule has 0 bridgehead atoms. The summed E-state index contributed by atoms with van der Waals surface area (Å²) in [7, 11) is 1.72. The number of benzene rings is 1. The fourth-order valence-electron chi connectivity index (χ4n) is 2.88. The van der Waals surface area contributed by atoms with Crippen molar-refractivity contribution in [2.24, 2.45) is 5.41 Å². The van der Waals surface area contributed by atoms with Gasteiger partial charge in [-0.3, -0.25) is 9.69 Å². The number of carbonyl (C=O) groups excluding carboxylic acids is 1. The molecule has 0 aromatic heterocycles. The van der Waals surface area contributed by atoms with Gasteiger partial charge in [-0.15, -0.1) is 0 Å². The zero-order chi connectivity index (χ0) is 15.5. The lowest BCUT2D eigenvalue weighted by Gasteiger charge is -2.40. The fourth-order valence-corrected chi connectivity index (χ4v) is 2.88. The van der Waals surface area contributed by atoms with Crippen LogP contribution in [0, 0.1) is 5.41 Å². The van der Waals surface area contributed by atoms with E-state index in [-0.39, 0.29) is 12.6 Å². The monoisotopic (exact) mass is 290 g/mol. The van der Waals surface area contributed by atoms with Crippen LogP contribution in [0.3, 0.4) is 0 Å². The molecule has 5 nitrogen and oxygen atoms in total. The molecule has 0 spiro atoms. The Kier molecular flexibility index (Phi) is 4.50. The van der Waals surface area contributed by atoms with Crippen LogP contribution in [0.2, 0.25) is 0 Å². The molecule has 1 aromatic rings. The van der Waals surface area contributed by atoms with Gasteiger partial charge in [0.25, 0.3) is 0 Å². The summed E-state index contributed by atoms with van der Waals surface area (Å²) in [6, 6.07) is 9.25. The normalized spacial score (nSPS) is 21.9. The summed E-state index contributed by atoms with van der Waals surface area (Å²) in [4.78, 5) is 27.4. The summed E-state index contributed by atoms with van der Waals surface area (Å²) in [5.41, 5.74) is 0.0105. The Labute approximate surface area is 125 Å². The van der Waals surface area contributed by atoms with E-state index in [4.69, 9.17) is 0 Å². The number of carboxylic acids is 1. The molecule has 0 saturated carbocycles. The van der Waals surface area contributed by atoms with Gasteiger partial charge < -0.3 is 10.0 Å². The Morgan fingerprint density at radius 2 is 2.00 bits per heavy atom. The molecule has 114 valence electrons. The Morgan fingerprint density at radius 1 is 1.33 bits per heavy atom. The minimum absolute atomic E-state index is 0.139. The maximum Gasteiger partial charge on any atom is 0.324 e. The van der Waals surface area contributed by atoms with Gasteiger partial charge in [-0.2, -0.15) is 0 Å². The zero-order valence-electron chi connectivity index (χ0n) is 12.6. The van der Waals surface area contributed by atoms with Crippen molar-refractivity contribution >= 4 is 17.7 Å². The molecule has 21 heavy (non-hydrogen) atoms. The van der Waals surface area contributed by atoms with Crippen molar-refractivity contribution in [2.45, 2.75) is 26.2 Å². The SMILES string of the molecule is CCC1(C(=O)O)CCCN(C(=O)N(C)c2ccccc2)C1. The van der Waals surface area contributed by atoms with Crippen molar-refractivity contribution < 1.29 is 14.7 Å². The largest absolute Gasteiger partial charge is 0.481 e. The topological polar surface area (TPSA) is 60.9 Å². The Balaban J connectivity index is 2.14. The molecule has 0 aliphatic carbocycles. The van der Waals surface area contributed by atoms with Crippen molar-refractivity contribution in [3.8, 4) is 0 Å². The van der Waals surface area contributed by atoms with Gasteiger partial charge in [0.15, 0.2) is 0 Å². The molecule has 1 N–H and O–H groups in total. The summed E-state index contributed by atoms with van der Waals surface area (Å²) in [6.07, 6.45) is 1.91. The first-order valence-electron chi connectivity index (χ1n) is 7.31. The standard InChI is InChI=1S/C16H22N2O3/c1-3-16(14(19)20)10-7-11-18(12-16)15(21)17(2)13-8-5-4-6-9-13/h4-6,8-9H,3,7,10-12H2,1-2H3,(H,19,20). The van der Waals surface area contributed by atoms with Gasteiger partial charge in [0.2, 0.25) is 0 Å². The van der Waals surface area contributed by atoms with Gasteiger partial charge in [0, 0.05) is 25.8 Å². The van der Waals surface area contributed by atoms with Crippen molar-refractivity contribution in [1.82, 2.24) is 4.90 Å². The first kappa shape index (κ1) is 15.4. The number of rotatable bonds is 3. The maximum absolute atomic E-state index is 12.6. The molecule has 1 heterocycles. The van der Waals surface area contributed by atoms with Crippen LogP contribution in [0.15, 0.2) is 30.3 Å². The molecule has 1 aliphatic heterocycles. The number of urea groups is 1. The molecule has 2 rings (SSSR count). The first-order valence-corrected chi connectivity index (χ1v) is 7.31. The summed E-state index contributed by atoms with van der Waals surface area (Å²) < 4.78 is 0. The van der Waals surface area contributed by atoms with Gasteiger partial charge in [-0.05, 0) is 31.4 Å². The summed E-state index contributed by atoms with van der Waals surface area (Å²) in [6.45, 7) is 2.78. The van der Waals surface area contributed by atoms with Crippen LogP contribution in [0.25, 0.3) is 0 Å². The molecule has 1 unspecified atom stereocenters. The number of piperidine rings is 1. The minimum Gasteiger partial charge on any atom is -0.481 e. The average molecular weight is 290 g/mol. The number of hydrogen-bond acceptors (Lipinski definition) is 2. The highest BCUT2D eigenvalue weighted by molar-refractivity contribution is 5.92. The Morgan fingerprint density at radius 3 is 2.57 bits per heavy atom. The highest BCUT2D eigenvalue weighted by atomic mass is 16.4. The van der Waals surface area contributed by atoms with Crippen molar-refractivity contribution in [3.63, 3.8) is 0 Å². The number of nitrogens with zero attached hydrogens (tertiary/aromatic N) is 2. The summed E-state index contributed by atoms with van der Waals surface area (Å²) in [5, 5.41) is 9.49. The van der Waals surface area contributed by atoms with Crippen LogP contribution >= 0.6 is 0 Å². The lowest BCUT2D eigenvalue weighted by Crippen LogP contribution is -2.52. The van der Waals surface area contributed by atoms with Crippen LogP contribution < -0.4 is 4.90 Å². The Hall–Kier alpha value is -2.04. The number of carboxylic acid groups (broad SMARTS) is 1. The number of carbonyl (C=O) groups is 2. The molecule has 2 amide bonds. The fraction of sp³-hybridized carbons (Fsp3) is 0.500. The predicted octanol–water partition coefficient (Wildman–Crippen LogP) is 2.82. The first-order chi connectivity index (χ1) is 10.00. The van der Waals surface area contributed by atoms with E-state index in [1.807, 2.05) is 37.3 Å². The van der Waals surface area contributed by atoms with Crippen molar-refractivity contribution in [3.05, 3.63) is 30.3 Å². The molecule has 5 heteroatoms. The molecule has 1 saturated heterocycles. The van der Waals surface area contributed by atoms with Gasteiger partial charge in [0.1, 0.15) is 0 Å². The van der Waals surface area contributed by atoms with Crippen LogP contribution in [0.5, 0.6) is 0 Å². The van der Waals surface area contributed by atoms with E-state index in [9.17, 15) is 14.7 Å². The number of hydrogen-bond donors (Lipinski definition) is 1. The van der Waals surface area contributed by atoms with E-state index in [1.54, 1.807) is 16.8 Å². The summed E-state index contributed by atoms with van der Waals surface area (Å²) in [5.74, 6) is -0.801. The second-order valence-electron chi connectivity index (χ2n) is 5.64. The number of anilines is 1. The van der Waals surface area contributed by atoms with E-state index in [0.717, 1.165) is 12.1 Å². The van der Waals surface area contributed by atoms with Gasteiger partial charge in [-0.25, -0.2) is 4.79 Å². The quantitative estimate of drug-likeness (QED) is 0.931. The lowest BCUT2D eigenvalue weighted by atomic mass is 9.78. The van der Waals surface area contributed by atoms with E-state index < -0.39 is 11.4 Å². The summed E-state index contributed by atoms with van der Waals surface area (Å²) >= 11 is 0. The van der Waals surface area contributed by atoms with E-state index >= 15 is 0 Å². The number of likely N-dealkylation sites (tertiary alicyclic amines) is 1. The number of para-hydroxylation sites is 1. The van der Waals surface area contributed by atoms with Crippen LogP contribution in [-0.4, -0.2) is 42.1 Å². The lowest BCUT2D eigenvalue weighted by molar-refractivity contribution is -0.152. The molecule has 0 radical (unpaired) electrons. The van der Waals surface area contributed by atoms with Gasteiger partial charge >= 0.3 is 12.0 Å². The van der Waals surface area contributed by atoms with Gasteiger partial charge in [-0.1, -0.05) is 25.1 Å². The third kappa shape index (κ3) is 3.01. The van der Waals surface area contributed by atoms with E-state index in [2.05, 4.69) is 0 Å². The Bertz CT molecular complexity index is 518. The zero-order valence-corrected chi connectivity index (χ0v) is 12.6. The van der Waals surface area contributed by atoms with E-state index in [0.29, 0.717) is 19.4 Å². The highest BCUT2D eigenvalue weighted by Crippen LogP contribution is 2.34. The average Bonchev–Trinajstić information content (AvgIpc) is 2.54. The third-order valence-corrected chi connectivity index (χ3v) is 4.41. The molecular weight excluding hydrogens is 268 g/mol. The van der Waals surface area contributed by atoms with Crippen molar-refractivity contribution in [1.29, 1.82) is 0 Å². The van der Waals surface area contributed by atoms with Crippen LogP contribution in [-0.2, 0) is 4.79 Å². The number of amides is 2. The maximum atomic E-state index is 12.6. The minimum atomic E-state index is -0.801. The smallest absolute Gasteiger partial charge is 0.324 e. The molecule has 1 fully saturated rings. The van der Waals surface area contributed by atoms with Gasteiger partial charge in [0.05, 0.1) is 5.41 Å². The molecule has 1 aromatic carbocycles. The molecular formula is C16H22N2O3. The predicted molar refractivity (Wildman–Crippen MR) is 81.4 cm³/mol. The molecule has 1 atom stereocenters. The number of aliphatic carboxylic acids is 1. The van der Waals surface area contributed by atoms with Crippen molar-refractivity contribution in [2.75, 3.05) is 25.0 Å². The molecule has 1 aliphatic rings. The van der Waals surface area contributed by atoms with E-state index in [1.165, 1.54) is 0 Å². The van der Waals surface area contributed by atoms with Crippen LogP contribution in [0.1, 0.15) is 26.2 Å². The second kappa shape index (κ2) is 6.16. The van der Waals surface area contributed by atoms with Crippen LogP contribution in [0.4, 0.5) is 10.5 Å². The third-order valence-electron chi connectivity index (χ3n) is 4.41.